The number of ether oxygens (including phenoxy) is 2. The Labute approximate surface area is 125 Å². The summed E-state index contributed by atoms with van der Waals surface area (Å²) in [5, 5.41) is 9.26. The van der Waals surface area contributed by atoms with Crippen LogP contribution in [0.25, 0.3) is 0 Å². The van der Waals surface area contributed by atoms with Crippen molar-refractivity contribution in [3.63, 3.8) is 0 Å². The van der Waals surface area contributed by atoms with Crippen molar-refractivity contribution in [1.29, 1.82) is 5.26 Å². The van der Waals surface area contributed by atoms with E-state index in [-0.39, 0.29) is 28.4 Å². The van der Waals surface area contributed by atoms with E-state index < -0.39 is 23.5 Å². The number of hydrogen-bond acceptors (Lipinski definition) is 5. The average Bonchev–Trinajstić information content (AvgIpc) is 2.46. The van der Waals surface area contributed by atoms with Crippen LogP contribution in [0.5, 0.6) is 0 Å². The van der Waals surface area contributed by atoms with Crippen LogP contribution >= 0.6 is 0 Å². The van der Waals surface area contributed by atoms with Crippen LogP contribution in [0.15, 0.2) is 41.0 Å². The van der Waals surface area contributed by atoms with E-state index in [1.807, 2.05) is 0 Å². The molecule has 2 rings (SSSR count). The Morgan fingerprint density at radius 3 is 2.68 bits per heavy atom. The standard InChI is InChI=1S/C15H12F2N2O3/c1-7-12(15(20)21-2)13(10(6-18)14(19)22-7)9-4-3-8(16)5-11(9)17/h3-5,13H,19H2,1-2H3/t13-/m1/s1. The highest BCUT2D eigenvalue weighted by Crippen LogP contribution is 2.40. The highest BCUT2D eigenvalue weighted by atomic mass is 19.1. The van der Waals surface area contributed by atoms with E-state index >= 15 is 0 Å². The molecule has 0 bridgehead atoms. The van der Waals surface area contributed by atoms with Gasteiger partial charge in [0.25, 0.3) is 0 Å². The van der Waals surface area contributed by atoms with Crippen LogP contribution < -0.4 is 5.73 Å². The number of benzene rings is 1. The summed E-state index contributed by atoms with van der Waals surface area (Å²) in [5.41, 5.74) is 5.38. The number of nitrogens with two attached hydrogens (primary N) is 1. The number of carbonyl (C=O) groups is 1. The summed E-state index contributed by atoms with van der Waals surface area (Å²) in [7, 11) is 1.15. The summed E-state index contributed by atoms with van der Waals surface area (Å²) in [6, 6.07) is 4.65. The van der Waals surface area contributed by atoms with Crippen LogP contribution in [0.2, 0.25) is 0 Å². The molecule has 22 heavy (non-hydrogen) atoms. The molecule has 1 heterocycles. The molecule has 1 aromatic carbocycles. The van der Waals surface area contributed by atoms with Crippen molar-refractivity contribution in [2.24, 2.45) is 5.73 Å². The lowest BCUT2D eigenvalue weighted by Gasteiger charge is -2.26. The predicted molar refractivity (Wildman–Crippen MR) is 71.7 cm³/mol. The smallest absolute Gasteiger partial charge is 0.338 e. The van der Waals surface area contributed by atoms with Crippen molar-refractivity contribution < 1.29 is 23.0 Å². The molecule has 0 unspecified atom stereocenters. The number of halogens is 2. The van der Waals surface area contributed by atoms with E-state index in [9.17, 15) is 18.8 Å². The quantitative estimate of drug-likeness (QED) is 0.847. The maximum atomic E-state index is 14.1. The van der Waals surface area contributed by atoms with Gasteiger partial charge in [-0.3, -0.25) is 0 Å². The number of rotatable bonds is 2. The molecule has 0 saturated heterocycles. The van der Waals surface area contributed by atoms with Gasteiger partial charge in [0, 0.05) is 11.6 Å². The van der Waals surface area contributed by atoms with E-state index in [1.54, 1.807) is 6.07 Å². The van der Waals surface area contributed by atoms with Crippen LogP contribution in [0.4, 0.5) is 8.78 Å². The maximum Gasteiger partial charge on any atom is 0.338 e. The summed E-state index contributed by atoms with van der Waals surface area (Å²) in [5.74, 6) is -3.72. The summed E-state index contributed by atoms with van der Waals surface area (Å²) >= 11 is 0. The Bertz CT molecular complexity index is 748. The first-order valence-electron chi connectivity index (χ1n) is 6.22. The van der Waals surface area contributed by atoms with Gasteiger partial charge in [0.2, 0.25) is 5.88 Å². The molecule has 1 aliphatic heterocycles. The number of esters is 1. The number of hydrogen-bond donors (Lipinski definition) is 1. The normalized spacial score (nSPS) is 17.9. The molecule has 0 fully saturated rings. The Morgan fingerprint density at radius 2 is 2.14 bits per heavy atom. The van der Waals surface area contributed by atoms with Gasteiger partial charge in [-0.1, -0.05) is 6.07 Å². The summed E-state index contributed by atoms with van der Waals surface area (Å²) in [6.07, 6.45) is 0. The Hall–Kier alpha value is -2.88. The fourth-order valence-corrected chi connectivity index (χ4v) is 2.30. The van der Waals surface area contributed by atoms with Gasteiger partial charge in [0.05, 0.1) is 18.6 Å². The maximum absolute atomic E-state index is 14.1. The molecule has 0 spiro atoms. The van der Waals surface area contributed by atoms with Gasteiger partial charge in [-0.25, -0.2) is 13.6 Å². The second-order valence-corrected chi connectivity index (χ2v) is 4.55. The third-order valence-electron chi connectivity index (χ3n) is 3.28. The minimum absolute atomic E-state index is 0.0567. The Morgan fingerprint density at radius 1 is 1.45 bits per heavy atom. The molecular formula is C15H12F2N2O3. The van der Waals surface area contributed by atoms with Crippen LogP contribution in [0.3, 0.4) is 0 Å². The molecule has 0 aromatic heterocycles. The molecular weight excluding hydrogens is 294 g/mol. The van der Waals surface area contributed by atoms with E-state index in [4.69, 9.17) is 10.5 Å². The second-order valence-electron chi connectivity index (χ2n) is 4.55. The number of nitrogens with zero attached hydrogens (tertiary/aromatic N) is 1. The topological polar surface area (TPSA) is 85.3 Å². The molecule has 7 heteroatoms. The van der Waals surface area contributed by atoms with Crippen LogP contribution in [0, 0.1) is 23.0 Å². The van der Waals surface area contributed by atoms with Crippen molar-refractivity contribution in [3.05, 3.63) is 58.2 Å². The molecule has 1 aliphatic rings. The highest BCUT2D eigenvalue weighted by molar-refractivity contribution is 5.92. The van der Waals surface area contributed by atoms with Crippen molar-refractivity contribution in [3.8, 4) is 6.07 Å². The molecule has 5 nitrogen and oxygen atoms in total. The molecule has 1 aromatic rings. The largest absolute Gasteiger partial charge is 0.466 e. The molecule has 0 radical (unpaired) electrons. The summed E-state index contributed by atoms with van der Waals surface area (Å²) in [4.78, 5) is 12.0. The summed E-state index contributed by atoms with van der Waals surface area (Å²) in [6.45, 7) is 1.45. The van der Waals surface area contributed by atoms with E-state index in [1.165, 1.54) is 6.92 Å². The Balaban J connectivity index is 2.71. The molecule has 0 amide bonds. The number of allylic oxidation sites excluding steroid dienone is 2. The predicted octanol–water partition coefficient (Wildman–Crippen LogP) is 2.22. The third-order valence-corrected chi connectivity index (χ3v) is 3.28. The summed E-state index contributed by atoms with van der Waals surface area (Å²) < 4.78 is 37.0. The van der Waals surface area contributed by atoms with E-state index in [0.717, 1.165) is 19.2 Å². The lowest BCUT2D eigenvalue weighted by Crippen LogP contribution is -2.25. The monoisotopic (exact) mass is 306 g/mol. The zero-order chi connectivity index (χ0) is 16.4. The van der Waals surface area contributed by atoms with E-state index in [2.05, 4.69) is 4.74 Å². The third kappa shape index (κ3) is 2.51. The second kappa shape index (κ2) is 5.85. The van der Waals surface area contributed by atoms with Gasteiger partial charge < -0.3 is 15.2 Å². The van der Waals surface area contributed by atoms with Crippen LogP contribution in [-0.2, 0) is 14.3 Å². The minimum atomic E-state index is -1.12. The van der Waals surface area contributed by atoms with Crippen molar-refractivity contribution >= 4 is 5.97 Å². The van der Waals surface area contributed by atoms with Gasteiger partial charge in [0.1, 0.15) is 29.0 Å². The zero-order valence-corrected chi connectivity index (χ0v) is 11.8. The Kier molecular flexibility index (Phi) is 4.13. The first-order chi connectivity index (χ1) is 10.4. The van der Waals surface area contributed by atoms with Crippen LogP contribution in [0.1, 0.15) is 18.4 Å². The SMILES string of the molecule is COC(=O)C1=C(C)OC(N)=C(C#N)[C@H]1c1ccc(F)cc1F. The minimum Gasteiger partial charge on any atom is -0.466 e. The molecule has 1 atom stereocenters. The fraction of sp³-hybridized carbons (Fsp3) is 0.200. The van der Waals surface area contributed by atoms with Crippen molar-refractivity contribution in [2.75, 3.05) is 7.11 Å². The highest BCUT2D eigenvalue weighted by Gasteiger charge is 2.37. The van der Waals surface area contributed by atoms with Crippen molar-refractivity contribution in [2.45, 2.75) is 12.8 Å². The molecule has 0 aliphatic carbocycles. The molecule has 0 saturated carbocycles. The number of nitriles is 1. The van der Waals surface area contributed by atoms with Gasteiger partial charge in [-0.15, -0.1) is 0 Å². The lowest BCUT2D eigenvalue weighted by molar-refractivity contribution is -0.136. The first-order valence-corrected chi connectivity index (χ1v) is 6.22. The average molecular weight is 306 g/mol. The van der Waals surface area contributed by atoms with Gasteiger partial charge in [0.15, 0.2) is 0 Å². The van der Waals surface area contributed by atoms with Gasteiger partial charge in [-0.2, -0.15) is 5.26 Å². The first kappa shape index (κ1) is 15.5. The van der Waals surface area contributed by atoms with E-state index in [0.29, 0.717) is 6.07 Å². The van der Waals surface area contributed by atoms with Crippen molar-refractivity contribution in [1.82, 2.24) is 0 Å². The van der Waals surface area contributed by atoms with Crippen LogP contribution in [-0.4, -0.2) is 13.1 Å². The lowest BCUT2D eigenvalue weighted by atomic mass is 9.83. The fourth-order valence-electron chi connectivity index (χ4n) is 2.30. The van der Waals surface area contributed by atoms with Gasteiger partial charge >= 0.3 is 5.97 Å². The number of carbonyl (C=O) groups excluding carboxylic acids is 1. The molecule has 2 N–H and O–H groups in total. The number of methoxy groups -OCH3 is 1. The zero-order valence-electron chi connectivity index (χ0n) is 11.8. The molecule has 114 valence electrons. The van der Waals surface area contributed by atoms with Gasteiger partial charge in [-0.05, 0) is 13.0 Å².